The van der Waals surface area contributed by atoms with Crippen molar-refractivity contribution in [2.24, 2.45) is 0 Å². The summed E-state index contributed by atoms with van der Waals surface area (Å²) in [6.45, 7) is 2.26. The molecular weight excluding hydrogens is 258 g/mol. The molecule has 1 heterocycles. The Morgan fingerprint density at radius 3 is 2.80 bits per heavy atom. The van der Waals surface area contributed by atoms with Gasteiger partial charge in [0.25, 0.3) is 0 Å². The van der Waals surface area contributed by atoms with Gasteiger partial charge in [0, 0.05) is 11.9 Å². The van der Waals surface area contributed by atoms with E-state index in [4.69, 9.17) is 0 Å². The molecule has 2 rings (SSSR count). The number of nitrogens with one attached hydrogen (secondary N) is 1. The zero-order valence-corrected chi connectivity index (χ0v) is 11.2. The van der Waals surface area contributed by atoms with Crippen molar-refractivity contribution in [3.05, 3.63) is 30.0 Å². The molecule has 3 N–H and O–H groups in total. The van der Waals surface area contributed by atoms with E-state index in [1.807, 2.05) is 19.1 Å². The summed E-state index contributed by atoms with van der Waals surface area (Å²) >= 11 is 0. The molecular formula is C14H17N3O3. The molecule has 0 aliphatic rings. The normalized spacial score (nSPS) is 12.3. The average Bonchev–Trinajstić information content (AvgIpc) is 2.44. The van der Waals surface area contributed by atoms with Gasteiger partial charge in [0.15, 0.2) is 5.69 Å². The van der Waals surface area contributed by atoms with Gasteiger partial charge in [-0.15, -0.1) is 10.2 Å². The zero-order valence-electron chi connectivity index (χ0n) is 11.2. The van der Waals surface area contributed by atoms with Crippen molar-refractivity contribution >= 4 is 22.6 Å². The van der Waals surface area contributed by atoms with Gasteiger partial charge in [-0.05, 0) is 12.5 Å². The molecule has 2 aromatic rings. The summed E-state index contributed by atoms with van der Waals surface area (Å²) in [5.74, 6) is -1.14. The second-order valence-corrected chi connectivity index (χ2v) is 4.57. The lowest BCUT2D eigenvalue weighted by molar-refractivity contribution is 0.0690. The van der Waals surface area contributed by atoms with Crippen LogP contribution in [0.5, 0.6) is 0 Å². The molecule has 6 heteroatoms. The van der Waals surface area contributed by atoms with E-state index in [1.165, 1.54) is 0 Å². The fraction of sp³-hybridized carbons (Fsp3) is 0.357. The first-order valence-corrected chi connectivity index (χ1v) is 6.54. The van der Waals surface area contributed by atoms with E-state index in [0.29, 0.717) is 23.0 Å². The van der Waals surface area contributed by atoms with Crippen molar-refractivity contribution in [2.45, 2.75) is 25.9 Å². The van der Waals surface area contributed by atoms with Crippen LogP contribution in [0.4, 0.5) is 5.69 Å². The third kappa shape index (κ3) is 3.03. The minimum absolute atomic E-state index is 0.132. The van der Waals surface area contributed by atoms with Crippen LogP contribution in [0.3, 0.4) is 0 Å². The molecule has 20 heavy (non-hydrogen) atoms. The number of carbonyl (C=O) groups is 1. The maximum Gasteiger partial charge on any atom is 0.358 e. The Balaban J connectivity index is 2.37. The quantitative estimate of drug-likeness (QED) is 0.745. The summed E-state index contributed by atoms with van der Waals surface area (Å²) in [5.41, 5.74) is 0.885. The SMILES string of the molecule is CCCC(O)CNc1c(C(=O)O)nnc2ccccc12. The number of carboxylic acid groups (broad SMARTS) is 1. The lowest BCUT2D eigenvalue weighted by atomic mass is 10.1. The van der Waals surface area contributed by atoms with Gasteiger partial charge in [-0.3, -0.25) is 0 Å². The van der Waals surface area contributed by atoms with Crippen LogP contribution in [-0.4, -0.2) is 39.0 Å². The summed E-state index contributed by atoms with van der Waals surface area (Å²) in [5, 5.41) is 30.3. The molecule has 0 fully saturated rings. The van der Waals surface area contributed by atoms with Gasteiger partial charge < -0.3 is 15.5 Å². The molecule has 1 unspecified atom stereocenters. The molecule has 1 aromatic heterocycles. The van der Waals surface area contributed by atoms with Gasteiger partial charge in [-0.1, -0.05) is 31.5 Å². The van der Waals surface area contributed by atoms with Gasteiger partial charge >= 0.3 is 5.97 Å². The third-order valence-electron chi connectivity index (χ3n) is 3.01. The van der Waals surface area contributed by atoms with Crippen LogP contribution in [0.25, 0.3) is 10.9 Å². The summed E-state index contributed by atoms with van der Waals surface area (Å²) < 4.78 is 0. The maximum atomic E-state index is 11.2. The van der Waals surface area contributed by atoms with E-state index in [1.54, 1.807) is 12.1 Å². The number of fused-ring (bicyclic) bond motifs is 1. The Morgan fingerprint density at radius 1 is 1.35 bits per heavy atom. The highest BCUT2D eigenvalue weighted by Gasteiger charge is 2.17. The Hall–Kier alpha value is -2.21. The van der Waals surface area contributed by atoms with Crippen molar-refractivity contribution in [1.82, 2.24) is 10.2 Å². The van der Waals surface area contributed by atoms with E-state index in [0.717, 1.165) is 6.42 Å². The van der Waals surface area contributed by atoms with E-state index >= 15 is 0 Å². The van der Waals surface area contributed by atoms with E-state index < -0.39 is 12.1 Å². The summed E-state index contributed by atoms with van der Waals surface area (Å²) in [6.07, 6.45) is 1.00. The van der Waals surface area contributed by atoms with Gasteiger partial charge in [0.1, 0.15) is 0 Å². The van der Waals surface area contributed by atoms with Gasteiger partial charge in [0.05, 0.1) is 17.3 Å². The number of rotatable bonds is 6. The molecule has 0 saturated carbocycles. The topological polar surface area (TPSA) is 95.3 Å². The Kier molecular flexibility index (Phi) is 4.47. The number of hydrogen-bond acceptors (Lipinski definition) is 5. The van der Waals surface area contributed by atoms with Crippen molar-refractivity contribution in [1.29, 1.82) is 0 Å². The van der Waals surface area contributed by atoms with Crippen LogP contribution in [0.2, 0.25) is 0 Å². The standard InChI is InChI=1S/C14H17N3O3/c1-2-5-9(18)8-15-12-10-6-3-4-7-11(10)16-17-13(12)14(19)20/h3-4,6-7,9,18H,2,5,8H2,1H3,(H,15,16)(H,19,20). The number of aliphatic hydroxyl groups excluding tert-OH is 1. The lowest BCUT2D eigenvalue weighted by Gasteiger charge is -2.14. The average molecular weight is 275 g/mol. The number of benzene rings is 1. The highest BCUT2D eigenvalue weighted by molar-refractivity contribution is 6.02. The number of aromatic carboxylic acids is 1. The number of nitrogens with zero attached hydrogens (tertiary/aromatic N) is 2. The minimum Gasteiger partial charge on any atom is -0.476 e. The van der Waals surface area contributed by atoms with Crippen LogP contribution in [-0.2, 0) is 0 Å². The first-order chi connectivity index (χ1) is 9.63. The van der Waals surface area contributed by atoms with Crippen LogP contribution < -0.4 is 5.32 Å². The van der Waals surface area contributed by atoms with Gasteiger partial charge in [-0.2, -0.15) is 0 Å². The smallest absolute Gasteiger partial charge is 0.358 e. The van der Waals surface area contributed by atoms with E-state index in [-0.39, 0.29) is 12.2 Å². The largest absolute Gasteiger partial charge is 0.476 e. The van der Waals surface area contributed by atoms with E-state index in [9.17, 15) is 15.0 Å². The predicted octanol–water partition coefficient (Wildman–Crippen LogP) is 1.90. The van der Waals surface area contributed by atoms with Crippen LogP contribution in [0.15, 0.2) is 24.3 Å². The van der Waals surface area contributed by atoms with Crippen LogP contribution in [0, 0.1) is 0 Å². The molecule has 6 nitrogen and oxygen atoms in total. The number of anilines is 1. The predicted molar refractivity (Wildman–Crippen MR) is 75.9 cm³/mol. The van der Waals surface area contributed by atoms with Crippen molar-refractivity contribution in [2.75, 3.05) is 11.9 Å². The minimum atomic E-state index is -1.14. The molecule has 0 amide bonds. The van der Waals surface area contributed by atoms with Crippen LogP contribution >= 0.6 is 0 Å². The fourth-order valence-electron chi connectivity index (χ4n) is 2.04. The molecule has 1 atom stereocenters. The Labute approximate surface area is 116 Å². The van der Waals surface area contributed by atoms with Crippen LogP contribution in [0.1, 0.15) is 30.3 Å². The number of aromatic nitrogens is 2. The van der Waals surface area contributed by atoms with Crippen molar-refractivity contribution < 1.29 is 15.0 Å². The Morgan fingerprint density at radius 2 is 2.10 bits per heavy atom. The maximum absolute atomic E-state index is 11.2. The number of aliphatic hydroxyl groups is 1. The molecule has 0 aliphatic heterocycles. The second kappa shape index (κ2) is 6.29. The van der Waals surface area contributed by atoms with Gasteiger partial charge in [-0.25, -0.2) is 4.79 Å². The molecule has 106 valence electrons. The summed E-state index contributed by atoms with van der Waals surface area (Å²) in [6, 6.07) is 7.17. The molecule has 0 saturated heterocycles. The molecule has 0 spiro atoms. The lowest BCUT2D eigenvalue weighted by Crippen LogP contribution is -2.21. The molecule has 0 aliphatic carbocycles. The van der Waals surface area contributed by atoms with Crippen molar-refractivity contribution in [3.63, 3.8) is 0 Å². The highest BCUT2D eigenvalue weighted by Crippen LogP contribution is 2.24. The zero-order chi connectivity index (χ0) is 14.5. The number of carboxylic acids is 1. The monoisotopic (exact) mass is 275 g/mol. The fourth-order valence-corrected chi connectivity index (χ4v) is 2.04. The first-order valence-electron chi connectivity index (χ1n) is 6.54. The van der Waals surface area contributed by atoms with Gasteiger partial charge in [0.2, 0.25) is 0 Å². The second-order valence-electron chi connectivity index (χ2n) is 4.57. The third-order valence-corrected chi connectivity index (χ3v) is 3.01. The Bertz CT molecular complexity index is 616. The highest BCUT2D eigenvalue weighted by atomic mass is 16.4. The number of hydrogen-bond donors (Lipinski definition) is 3. The first kappa shape index (κ1) is 14.2. The molecule has 0 radical (unpaired) electrons. The molecule has 1 aromatic carbocycles. The van der Waals surface area contributed by atoms with E-state index in [2.05, 4.69) is 15.5 Å². The molecule has 0 bridgehead atoms. The van der Waals surface area contributed by atoms with Crippen molar-refractivity contribution in [3.8, 4) is 0 Å². The summed E-state index contributed by atoms with van der Waals surface area (Å²) in [4.78, 5) is 11.2. The summed E-state index contributed by atoms with van der Waals surface area (Å²) in [7, 11) is 0.